The summed E-state index contributed by atoms with van der Waals surface area (Å²) in [6, 6.07) is 2.30. The summed E-state index contributed by atoms with van der Waals surface area (Å²) in [6.07, 6.45) is 8.28. The van der Waals surface area contributed by atoms with Gasteiger partial charge in [0.2, 0.25) is 17.7 Å². The lowest BCUT2D eigenvalue weighted by molar-refractivity contribution is -0.129. The summed E-state index contributed by atoms with van der Waals surface area (Å²) < 4.78 is 0. The molecule has 3 atom stereocenters. The summed E-state index contributed by atoms with van der Waals surface area (Å²) >= 11 is 5.94. The molecule has 3 unspecified atom stereocenters. The number of hydrogen-bond donors (Lipinski definition) is 3. The molecular weight excluding hydrogens is 430 g/mol. The fraction of sp³-hybridized carbons (Fsp3) is 0.522. The average Bonchev–Trinajstić information content (AvgIpc) is 3.49. The predicted octanol–water partition coefficient (Wildman–Crippen LogP) is 1.88. The van der Waals surface area contributed by atoms with Crippen molar-refractivity contribution in [2.45, 2.75) is 57.0 Å². The van der Waals surface area contributed by atoms with Crippen molar-refractivity contribution in [2.75, 3.05) is 6.54 Å². The number of fused-ring (bicyclic) bond motifs is 1. The third-order valence-electron chi connectivity index (χ3n) is 6.27. The molecule has 1 saturated heterocycles. The van der Waals surface area contributed by atoms with Gasteiger partial charge < -0.3 is 16.0 Å². The molecule has 2 fully saturated rings. The normalized spacial score (nSPS) is 21.4. The van der Waals surface area contributed by atoms with Crippen LogP contribution in [0.1, 0.15) is 49.7 Å². The Hall–Kier alpha value is -2.92. The van der Waals surface area contributed by atoms with Crippen molar-refractivity contribution >= 4 is 35.4 Å². The molecule has 2 aliphatic carbocycles. The number of nitrogens with zero attached hydrogens (tertiary/aromatic N) is 2. The molecule has 9 heteroatoms. The van der Waals surface area contributed by atoms with E-state index in [2.05, 4.69) is 27.0 Å². The van der Waals surface area contributed by atoms with Gasteiger partial charge in [-0.1, -0.05) is 24.4 Å². The van der Waals surface area contributed by atoms with Crippen molar-refractivity contribution < 1.29 is 14.4 Å². The summed E-state index contributed by atoms with van der Waals surface area (Å²) in [7, 11) is 0. The standard InChI is InChI=1S/C23H26ClN5O3/c24-20-10-15-7-16(8-17(15)12-27-20)22(31)29-19(6-13-3-4-13)23(32)28-18(11-25)9-14-2-1-5-26-21(14)30/h7,10,12-14,18-19H,1-6,8-9H2,(H,26,30)(H,28,32)(H,29,31). The SMILES string of the molecule is N#CC(CC1CCCNC1=O)NC(=O)C(CC1CC1)NC(=O)C1=Cc2cc(Cl)ncc2C1. The van der Waals surface area contributed by atoms with Crippen LogP contribution in [0, 0.1) is 23.2 Å². The monoisotopic (exact) mass is 455 g/mol. The topological polar surface area (TPSA) is 124 Å². The molecule has 1 aliphatic heterocycles. The summed E-state index contributed by atoms with van der Waals surface area (Å²) in [5, 5.41) is 18.3. The Balaban J connectivity index is 1.38. The second-order valence-electron chi connectivity index (χ2n) is 8.81. The molecule has 2 heterocycles. The quantitative estimate of drug-likeness (QED) is 0.516. The van der Waals surface area contributed by atoms with Crippen molar-refractivity contribution in [1.29, 1.82) is 5.26 Å². The minimum Gasteiger partial charge on any atom is -0.356 e. The van der Waals surface area contributed by atoms with Crippen LogP contribution in [0.2, 0.25) is 5.15 Å². The van der Waals surface area contributed by atoms with Gasteiger partial charge in [-0.15, -0.1) is 0 Å². The summed E-state index contributed by atoms with van der Waals surface area (Å²) in [4.78, 5) is 42.0. The lowest BCUT2D eigenvalue weighted by atomic mass is 9.92. The lowest BCUT2D eigenvalue weighted by Gasteiger charge is -2.25. The van der Waals surface area contributed by atoms with Crippen molar-refractivity contribution in [2.24, 2.45) is 11.8 Å². The van der Waals surface area contributed by atoms with Crippen molar-refractivity contribution in [3.63, 3.8) is 0 Å². The summed E-state index contributed by atoms with van der Waals surface area (Å²) in [5.74, 6) is -0.649. The lowest BCUT2D eigenvalue weighted by Crippen LogP contribution is -2.51. The van der Waals surface area contributed by atoms with Crippen molar-refractivity contribution in [3.8, 4) is 6.07 Å². The smallest absolute Gasteiger partial charge is 0.248 e. The molecule has 3 aliphatic rings. The van der Waals surface area contributed by atoms with Crippen LogP contribution in [0.4, 0.5) is 0 Å². The number of nitriles is 1. The zero-order valence-corrected chi connectivity index (χ0v) is 18.5. The van der Waals surface area contributed by atoms with E-state index in [9.17, 15) is 19.6 Å². The highest BCUT2D eigenvalue weighted by molar-refractivity contribution is 6.29. The van der Waals surface area contributed by atoms with Gasteiger partial charge in [0, 0.05) is 30.7 Å². The van der Waals surface area contributed by atoms with Crippen LogP contribution in [0.5, 0.6) is 0 Å². The number of carbonyl (C=O) groups excluding carboxylic acids is 3. The van der Waals surface area contributed by atoms with Gasteiger partial charge in [-0.2, -0.15) is 5.26 Å². The Kier molecular flexibility index (Phi) is 6.75. The third kappa shape index (κ3) is 5.46. The van der Waals surface area contributed by atoms with Crippen LogP contribution >= 0.6 is 11.6 Å². The van der Waals surface area contributed by atoms with Gasteiger partial charge in [-0.25, -0.2) is 4.98 Å². The van der Waals surface area contributed by atoms with Crippen LogP contribution in [0.3, 0.4) is 0 Å². The Morgan fingerprint density at radius 1 is 1.28 bits per heavy atom. The van der Waals surface area contributed by atoms with E-state index in [1.807, 2.05) is 0 Å². The van der Waals surface area contributed by atoms with Gasteiger partial charge in [0.25, 0.3) is 0 Å². The van der Waals surface area contributed by atoms with Crippen molar-refractivity contribution in [3.05, 3.63) is 34.1 Å². The Labute approximate surface area is 191 Å². The molecule has 32 heavy (non-hydrogen) atoms. The Morgan fingerprint density at radius 3 is 2.81 bits per heavy atom. The molecule has 0 spiro atoms. The highest BCUT2D eigenvalue weighted by atomic mass is 35.5. The molecule has 1 aromatic heterocycles. The Bertz CT molecular complexity index is 998. The van der Waals surface area contributed by atoms with E-state index in [0.717, 1.165) is 30.4 Å². The molecule has 8 nitrogen and oxygen atoms in total. The second kappa shape index (κ2) is 9.70. The fourth-order valence-electron chi connectivity index (χ4n) is 4.27. The van der Waals surface area contributed by atoms with E-state index in [1.54, 1.807) is 18.3 Å². The molecular formula is C23H26ClN5O3. The molecule has 0 aromatic carbocycles. The van der Waals surface area contributed by atoms with Gasteiger partial charge in [0.15, 0.2) is 0 Å². The van der Waals surface area contributed by atoms with Crippen LogP contribution < -0.4 is 16.0 Å². The second-order valence-corrected chi connectivity index (χ2v) is 9.20. The van der Waals surface area contributed by atoms with E-state index < -0.39 is 12.1 Å². The van der Waals surface area contributed by atoms with Gasteiger partial charge in [-0.3, -0.25) is 14.4 Å². The van der Waals surface area contributed by atoms with E-state index >= 15 is 0 Å². The first-order chi connectivity index (χ1) is 15.4. The van der Waals surface area contributed by atoms with Crippen LogP contribution in [-0.4, -0.2) is 41.3 Å². The zero-order chi connectivity index (χ0) is 22.7. The number of halogens is 1. The molecule has 3 N–H and O–H groups in total. The van der Waals surface area contributed by atoms with E-state index in [0.29, 0.717) is 42.5 Å². The van der Waals surface area contributed by atoms with E-state index in [1.165, 1.54) is 0 Å². The van der Waals surface area contributed by atoms with E-state index in [4.69, 9.17) is 11.6 Å². The van der Waals surface area contributed by atoms with Crippen molar-refractivity contribution in [1.82, 2.24) is 20.9 Å². The summed E-state index contributed by atoms with van der Waals surface area (Å²) in [6.45, 7) is 0.649. The van der Waals surface area contributed by atoms with E-state index in [-0.39, 0.29) is 30.1 Å². The maximum atomic E-state index is 13.0. The number of piperidine rings is 1. The van der Waals surface area contributed by atoms with Crippen LogP contribution in [0.25, 0.3) is 6.08 Å². The number of rotatable bonds is 8. The number of pyridine rings is 1. The summed E-state index contributed by atoms with van der Waals surface area (Å²) in [5.41, 5.74) is 2.32. The number of amides is 3. The zero-order valence-electron chi connectivity index (χ0n) is 17.7. The third-order valence-corrected chi connectivity index (χ3v) is 6.48. The average molecular weight is 456 g/mol. The largest absolute Gasteiger partial charge is 0.356 e. The highest BCUT2D eigenvalue weighted by Gasteiger charge is 2.33. The molecule has 4 rings (SSSR count). The highest BCUT2D eigenvalue weighted by Crippen LogP contribution is 2.34. The first-order valence-electron chi connectivity index (χ1n) is 11.1. The van der Waals surface area contributed by atoms with Crippen LogP contribution in [-0.2, 0) is 20.8 Å². The number of carbonyl (C=O) groups is 3. The first-order valence-corrected chi connectivity index (χ1v) is 11.4. The van der Waals surface area contributed by atoms with Gasteiger partial charge in [0.05, 0.1) is 6.07 Å². The molecule has 3 amide bonds. The van der Waals surface area contributed by atoms with Gasteiger partial charge in [0.1, 0.15) is 17.2 Å². The minimum atomic E-state index is -0.780. The Morgan fingerprint density at radius 2 is 2.09 bits per heavy atom. The molecule has 0 bridgehead atoms. The van der Waals surface area contributed by atoms with Gasteiger partial charge >= 0.3 is 0 Å². The van der Waals surface area contributed by atoms with Crippen LogP contribution in [0.15, 0.2) is 17.8 Å². The molecule has 1 saturated carbocycles. The fourth-order valence-corrected chi connectivity index (χ4v) is 4.44. The number of hydrogen-bond acceptors (Lipinski definition) is 5. The first kappa shape index (κ1) is 22.3. The predicted molar refractivity (Wildman–Crippen MR) is 118 cm³/mol. The van der Waals surface area contributed by atoms with Gasteiger partial charge in [-0.05, 0) is 54.9 Å². The maximum absolute atomic E-state index is 13.0. The maximum Gasteiger partial charge on any atom is 0.248 e. The molecule has 0 radical (unpaired) electrons. The number of aromatic nitrogens is 1. The minimum absolute atomic E-state index is 0.0732. The number of nitrogens with one attached hydrogen (secondary N) is 3. The molecule has 1 aromatic rings. The molecule has 168 valence electrons.